The number of nitrogens with zero attached hydrogens (tertiary/aromatic N) is 1. The molecule has 0 aromatic heterocycles. The summed E-state index contributed by atoms with van der Waals surface area (Å²) in [5, 5.41) is 6.20. The number of nitrogens with one attached hydrogen (secondary N) is 2. The molecule has 0 unspecified atom stereocenters. The van der Waals surface area contributed by atoms with Crippen molar-refractivity contribution in [3.05, 3.63) is 41.5 Å². The van der Waals surface area contributed by atoms with E-state index < -0.39 is 28.9 Å². The van der Waals surface area contributed by atoms with Gasteiger partial charge >= 0.3 is 5.97 Å². The summed E-state index contributed by atoms with van der Waals surface area (Å²) >= 11 is 0. The molecule has 38 heavy (non-hydrogen) atoms. The number of benzene rings is 1. The number of rotatable bonds is 12. The molecule has 3 atom stereocenters. The van der Waals surface area contributed by atoms with Crippen LogP contribution >= 0.6 is 0 Å². The summed E-state index contributed by atoms with van der Waals surface area (Å²) in [5.74, 6) is -0.131. The Hall–Kier alpha value is -2.87. The number of likely N-dealkylation sites (N-methyl/N-ethyl adjacent to an activating group) is 2. The number of hydrogen-bond donors (Lipinski definition) is 2. The number of carbonyl (C=O) groups is 3. The van der Waals surface area contributed by atoms with Gasteiger partial charge in [0, 0.05) is 18.0 Å². The van der Waals surface area contributed by atoms with Crippen LogP contribution in [-0.2, 0) is 24.5 Å². The highest BCUT2D eigenvalue weighted by molar-refractivity contribution is 5.92. The van der Waals surface area contributed by atoms with Gasteiger partial charge in [-0.15, -0.1) is 0 Å². The highest BCUT2D eigenvalue weighted by atomic mass is 16.5. The van der Waals surface area contributed by atoms with Gasteiger partial charge in [-0.05, 0) is 49.9 Å². The fourth-order valence-corrected chi connectivity index (χ4v) is 4.55. The predicted octanol–water partition coefficient (Wildman–Crippen LogP) is 4.08. The molecular weight excluding hydrogens is 482 g/mol. The van der Waals surface area contributed by atoms with E-state index in [0.29, 0.717) is 5.57 Å². The van der Waals surface area contributed by atoms with Crippen LogP contribution in [0.5, 0.6) is 5.75 Å². The molecule has 214 valence electrons. The monoisotopic (exact) mass is 531 g/mol. The van der Waals surface area contributed by atoms with Crippen molar-refractivity contribution in [1.29, 1.82) is 0 Å². The number of methoxy groups -OCH3 is 1. The molecule has 8 heteroatoms. The zero-order valence-electron chi connectivity index (χ0n) is 25.4. The molecule has 0 saturated carbocycles. The first-order chi connectivity index (χ1) is 17.5. The number of amides is 2. The lowest BCUT2D eigenvalue weighted by molar-refractivity contribution is -0.141. The van der Waals surface area contributed by atoms with Gasteiger partial charge in [-0.1, -0.05) is 66.7 Å². The van der Waals surface area contributed by atoms with Gasteiger partial charge in [-0.25, -0.2) is 4.79 Å². The lowest BCUT2D eigenvalue weighted by Crippen LogP contribution is -2.61. The minimum Gasteiger partial charge on any atom is -0.497 e. The zero-order valence-corrected chi connectivity index (χ0v) is 25.4. The Labute approximate surface area is 229 Å². The molecule has 0 saturated heterocycles. The summed E-state index contributed by atoms with van der Waals surface area (Å²) in [5.41, 5.74) is 0.258. The maximum atomic E-state index is 13.9. The van der Waals surface area contributed by atoms with Crippen LogP contribution in [0.3, 0.4) is 0 Å². The third-order valence-electron chi connectivity index (χ3n) is 7.00. The number of hydrogen-bond acceptors (Lipinski definition) is 6. The van der Waals surface area contributed by atoms with Crippen molar-refractivity contribution in [2.24, 2.45) is 11.3 Å². The highest BCUT2D eigenvalue weighted by Gasteiger charge is 2.41. The summed E-state index contributed by atoms with van der Waals surface area (Å²) in [4.78, 5) is 41.4. The van der Waals surface area contributed by atoms with Crippen molar-refractivity contribution in [3.8, 4) is 5.75 Å². The van der Waals surface area contributed by atoms with Crippen LogP contribution in [0.25, 0.3) is 0 Å². The summed E-state index contributed by atoms with van der Waals surface area (Å²) in [6.07, 6.45) is 1.77. The lowest BCUT2D eigenvalue weighted by Gasteiger charge is -2.40. The Morgan fingerprint density at radius 2 is 1.58 bits per heavy atom. The number of ether oxygens (including phenoxy) is 2. The van der Waals surface area contributed by atoms with Gasteiger partial charge in [0.2, 0.25) is 11.8 Å². The smallest absolute Gasteiger partial charge is 0.333 e. The highest BCUT2D eigenvalue weighted by Crippen LogP contribution is 2.30. The number of carbonyl (C=O) groups excluding carboxylic acids is 3. The molecule has 1 rings (SSSR count). The Morgan fingerprint density at radius 3 is 2.00 bits per heavy atom. The molecule has 0 spiro atoms. The van der Waals surface area contributed by atoms with Crippen LogP contribution in [0, 0.1) is 11.3 Å². The summed E-state index contributed by atoms with van der Waals surface area (Å²) < 4.78 is 10.4. The number of esters is 1. The van der Waals surface area contributed by atoms with Crippen molar-refractivity contribution < 1.29 is 23.9 Å². The molecule has 2 amide bonds. The van der Waals surface area contributed by atoms with Crippen LogP contribution < -0.4 is 15.4 Å². The second-order valence-electron chi connectivity index (χ2n) is 11.7. The van der Waals surface area contributed by atoms with Crippen LogP contribution in [0.15, 0.2) is 35.9 Å². The first-order valence-corrected chi connectivity index (χ1v) is 13.3. The van der Waals surface area contributed by atoms with E-state index in [4.69, 9.17) is 9.47 Å². The van der Waals surface area contributed by atoms with Gasteiger partial charge in [-0.2, -0.15) is 0 Å². The Bertz CT molecular complexity index is 977. The van der Waals surface area contributed by atoms with Gasteiger partial charge < -0.3 is 25.0 Å². The van der Waals surface area contributed by atoms with Gasteiger partial charge in [0.05, 0.1) is 25.8 Å². The largest absolute Gasteiger partial charge is 0.497 e. The van der Waals surface area contributed by atoms with Crippen molar-refractivity contribution in [2.75, 3.05) is 27.8 Å². The molecule has 0 fully saturated rings. The fraction of sp³-hybridized carbons (Fsp3) is 0.633. The average molecular weight is 532 g/mol. The third-order valence-corrected chi connectivity index (χ3v) is 7.00. The SMILES string of the molecule is CCOC(=O)C(C)=C[C@H](C(C)C)N(C)C(=O)[C@@H](NC(=O)[C@@H](NC)C(C)(C)c1ccc(OC)cc1)C(C)(C)C. The summed E-state index contributed by atoms with van der Waals surface area (Å²) in [7, 11) is 5.07. The molecule has 0 heterocycles. The molecular formula is C30H49N3O5. The van der Waals surface area contributed by atoms with Gasteiger partial charge in [-0.3, -0.25) is 9.59 Å². The molecule has 0 aliphatic rings. The second-order valence-corrected chi connectivity index (χ2v) is 11.7. The lowest BCUT2D eigenvalue weighted by atomic mass is 9.76. The molecule has 0 aliphatic carbocycles. The minimum atomic E-state index is -0.792. The Balaban J connectivity index is 3.30. The topological polar surface area (TPSA) is 97.0 Å². The van der Waals surface area contributed by atoms with E-state index in [1.807, 2.05) is 72.7 Å². The van der Waals surface area contributed by atoms with Gasteiger partial charge in [0.1, 0.15) is 11.8 Å². The van der Waals surface area contributed by atoms with E-state index in [1.54, 1.807) is 46.0 Å². The minimum absolute atomic E-state index is 0.0312. The van der Waals surface area contributed by atoms with Gasteiger partial charge in [0.25, 0.3) is 0 Å². The van der Waals surface area contributed by atoms with E-state index in [0.717, 1.165) is 11.3 Å². The Morgan fingerprint density at radius 1 is 1.03 bits per heavy atom. The second kappa shape index (κ2) is 13.8. The van der Waals surface area contributed by atoms with Crippen LogP contribution in [-0.4, -0.2) is 68.6 Å². The normalized spacial score (nSPS) is 14.9. The zero-order chi connectivity index (χ0) is 29.4. The first kappa shape index (κ1) is 33.2. The molecule has 8 nitrogen and oxygen atoms in total. The first-order valence-electron chi connectivity index (χ1n) is 13.3. The molecule has 0 bridgehead atoms. The third kappa shape index (κ3) is 8.32. The summed E-state index contributed by atoms with van der Waals surface area (Å²) in [6.45, 7) is 17.5. The van der Waals surface area contributed by atoms with E-state index in [9.17, 15) is 14.4 Å². The van der Waals surface area contributed by atoms with Crippen molar-refractivity contribution in [1.82, 2.24) is 15.5 Å². The molecule has 1 aromatic carbocycles. The van der Waals surface area contributed by atoms with Gasteiger partial charge in [0.15, 0.2) is 0 Å². The van der Waals surface area contributed by atoms with Crippen molar-refractivity contribution >= 4 is 17.8 Å². The van der Waals surface area contributed by atoms with E-state index in [1.165, 1.54) is 0 Å². The van der Waals surface area contributed by atoms with Crippen molar-refractivity contribution in [2.45, 2.75) is 85.9 Å². The maximum absolute atomic E-state index is 13.9. The fourth-order valence-electron chi connectivity index (χ4n) is 4.55. The standard InChI is InChI=1S/C30H49N3O5/c1-13-38-28(36)20(4)18-23(19(2)3)33(11)27(35)25(29(5,6)7)32-26(34)24(31-10)30(8,9)21-14-16-22(37-12)17-15-21/h14-19,23-25,31H,13H2,1-12H3,(H,32,34)/t23-,24-,25-/m1/s1. The van der Waals surface area contributed by atoms with E-state index >= 15 is 0 Å². The van der Waals surface area contributed by atoms with Crippen molar-refractivity contribution in [3.63, 3.8) is 0 Å². The average Bonchev–Trinajstić information content (AvgIpc) is 2.84. The van der Waals surface area contributed by atoms with E-state index in [2.05, 4.69) is 10.6 Å². The molecule has 0 radical (unpaired) electrons. The quantitative estimate of drug-likeness (QED) is 0.312. The van der Waals surface area contributed by atoms with Crippen LogP contribution in [0.2, 0.25) is 0 Å². The molecule has 0 aliphatic heterocycles. The molecule has 1 aromatic rings. The maximum Gasteiger partial charge on any atom is 0.333 e. The Kier molecular flexibility index (Phi) is 12.0. The predicted molar refractivity (Wildman–Crippen MR) is 152 cm³/mol. The van der Waals surface area contributed by atoms with Crippen LogP contribution in [0.1, 0.15) is 67.9 Å². The van der Waals surface area contributed by atoms with E-state index in [-0.39, 0.29) is 30.4 Å². The van der Waals surface area contributed by atoms with Crippen LogP contribution in [0.4, 0.5) is 0 Å². The molecule has 2 N–H and O–H groups in total. The summed E-state index contributed by atoms with van der Waals surface area (Å²) in [6, 6.07) is 5.88.